The molecule has 3 rings (SSSR count). The second-order valence-corrected chi connectivity index (χ2v) is 6.82. The zero-order valence-electron chi connectivity index (χ0n) is 16.0. The minimum Gasteiger partial charge on any atom is -0.350 e. The molecule has 0 spiro atoms. The van der Waals surface area contributed by atoms with E-state index in [0.717, 1.165) is 16.7 Å². The summed E-state index contributed by atoms with van der Waals surface area (Å²) in [6, 6.07) is 18.6. The second kappa shape index (κ2) is 8.95. The number of rotatable bonds is 6. The van der Waals surface area contributed by atoms with Crippen LogP contribution in [0.15, 0.2) is 73.1 Å². The van der Waals surface area contributed by atoms with Gasteiger partial charge in [0.25, 0.3) is 11.8 Å². The molecule has 0 unspecified atom stereocenters. The first-order valence-electron chi connectivity index (χ1n) is 9.21. The topological polar surface area (TPSA) is 71.1 Å². The summed E-state index contributed by atoms with van der Waals surface area (Å²) < 4.78 is 0. The Balaban J connectivity index is 1.62. The van der Waals surface area contributed by atoms with E-state index in [2.05, 4.69) is 15.6 Å². The van der Waals surface area contributed by atoms with E-state index in [0.29, 0.717) is 17.7 Å². The largest absolute Gasteiger partial charge is 0.350 e. The molecule has 0 aliphatic heterocycles. The van der Waals surface area contributed by atoms with Gasteiger partial charge in [-0.25, -0.2) is 0 Å². The maximum absolute atomic E-state index is 12.4. The Morgan fingerprint density at radius 1 is 0.857 bits per heavy atom. The Bertz CT molecular complexity index is 951. The predicted molar refractivity (Wildman–Crippen MR) is 110 cm³/mol. The monoisotopic (exact) mass is 373 g/mol. The molecule has 142 valence electrons. The molecule has 0 bridgehead atoms. The Morgan fingerprint density at radius 2 is 1.54 bits per heavy atom. The van der Waals surface area contributed by atoms with E-state index in [9.17, 15) is 9.59 Å². The quantitative estimate of drug-likeness (QED) is 0.690. The normalized spacial score (nSPS) is 10.5. The summed E-state index contributed by atoms with van der Waals surface area (Å²) in [5.41, 5.74) is 4.13. The van der Waals surface area contributed by atoms with Crippen molar-refractivity contribution in [3.8, 4) is 11.1 Å². The number of carbonyl (C=O) groups excluding carboxylic acids is 2. The maximum Gasteiger partial charge on any atom is 0.251 e. The zero-order valence-corrected chi connectivity index (χ0v) is 16.0. The number of amides is 2. The van der Waals surface area contributed by atoms with Crippen molar-refractivity contribution in [2.24, 2.45) is 0 Å². The predicted octanol–water partition coefficient (Wildman–Crippen LogP) is 3.82. The lowest BCUT2D eigenvalue weighted by Gasteiger charge is -2.10. The van der Waals surface area contributed by atoms with Gasteiger partial charge in [0.15, 0.2) is 0 Å². The van der Waals surface area contributed by atoms with Crippen molar-refractivity contribution >= 4 is 11.8 Å². The highest BCUT2D eigenvalue weighted by Crippen LogP contribution is 2.18. The van der Waals surface area contributed by atoms with Gasteiger partial charge in [0.1, 0.15) is 0 Å². The SMILES string of the molecule is CC(C)NC(=O)c1cccc(CNC(=O)c2ccc(-c3ccncc3)cc2)c1. The van der Waals surface area contributed by atoms with Gasteiger partial charge in [-0.15, -0.1) is 0 Å². The summed E-state index contributed by atoms with van der Waals surface area (Å²) in [6.45, 7) is 4.19. The van der Waals surface area contributed by atoms with Crippen LogP contribution in [0, 0.1) is 0 Å². The number of benzene rings is 2. The molecule has 2 N–H and O–H groups in total. The van der Waals surface area contributed by atoms with Crippen molar-refractivity contribution in [2.75, 3.05) is 0 Å². The van der Waals surface area contributed by atoms with Crippen molar-refractivity contribution in [3.63, 3.8) is 0 Å². The Hall–Kier alpha value is -3.47. The molecular formula is C23H23N3O2. The lowest BCUT2D eigenvalue weighted by atomic mass is 10.0. The van der Waals surface area contributed by atoms with E-state index in [1.54, 1.807) is 36.7 Å². The average Bonchev–Trinajstić information content (AvgIpc) is 2.72. The van der Waals surface area contributed by atoms with E-state index in [4.69, 9.17) is 0 Å². The number of aromatic nitrogens is 1. The molecule has 1 heterocycles. The molecule has 5 nitrogen and oxygen atoms in total. The number of nitrogens with zero attached hydrogens (tertiary/aromatic N) is 1. The van der Waals surface area contributed by atoms with Crippen LogP contribution in [0.1, 0.15) is 40.1 Å². The lowest BCUT2D eigenvalue weighted by molar-refractivity contribution is 0.0939. The fourth-order valence-corrected chi connectivity index (χ4v) is 2.81. The van der Waals surface area contributed by atoms with Gasteiger partial charge in [-0.1, -0.05) is 24.3 Å². The average molecular weight is 373 g/mol. The Labute approximate surface area is 164 Å². The molecule has 28 heavy (non-hydrogen) atoms. The minimum atomic E-state index is -0.154. The summed E-state index contributed by atoms with van der Waals surface area (Å²) in [4.78, 5) is 28.6. The third-order valence-corrected chi connectivity index (χ3v) is 4.22. The zero-order chi connectivity index (χ0) is 19.9. The number of pyridine rings is 1. The summed E-state index contributed by atoms with van der Waals surface area (Å²) in [5, 5.41) is 5.77. The van der Waals surface area contributed by atoms with Crippen molar-refractivity contribution in [3.05, 3.63) is 89.7 Å². The van der Waals surface area contributed by atoms with Crippen molar-refractivity contribution in [1.82, 2.24) is 15.6 Å². The van der Waals surface area contributed by atoms with Crippen LogP contribution in [0.25, 0.3) is 11.1 Å². The van der Waals surface area contributed by atoms with Gasteiger partial charge < -0.3 is 10.6 Å². The van der Waals surface area contributed by atoms with Gasteiger partial charge in [0.2, 0.25) is 0 Å². The summed E-state index contributed by atoms with van der Waals surface area (Å²) >= 11 is 0. The molecule has 0 saturated heterocycles. The minimum absolute atomic E-state index is 0.0750. The molecule has 0 aliphatic rings. The van der Waals surface area contributed by atoms with Crippen LogP contribution < -0.4 is 10.6 Å². The highest BCUT2D eigenvalue weighted by Gasteiger charge is 2.09. The van der Waals surface area contributed by atoms with Gasteiger partial charge >= 0.3 is 0 Å². The third kappa shape index (κ3) is 5.04. The summed E-state index contributed by atoms with van der Waals surface area (Å²) in [7, 11) is 0. The number of carbonyl (C=O) groups is 2. The molecule has 0 radical (unpaired) electrons. The van der Waals surface area contributed by atoms with Gasteiger partial charge in [-0.2, -0.15) is 0 Å². The highest BCUT2D eigenvalue weighted by molar-refractivity contribution is 5.95. The van der Waals surface area contributed by atoms with Crippen LogP contribution in [0.4, 0.5) is 0 Å². The molecule has 1 aromatic heterocycles. The molecule has 5 heteroatoms. The molecule has 2 amide bonds. The van der Waals surface area contributed by atoms with Crippen LogP contribution in [-0.2, 0) is 6.54 Å². The third-order valence-electron chi connectivity index (χ3n) is 4.22. The fourth-order valence-electron chi connectivity index (χ4n) is 2.81. The Kier molecular flexibility index (Phi) is 6.17. The first kappa shape index (κ1) is 19.3. The Morgan fingerprint density at radius 3 is 2.21 bits per heavy atom. The van der Waals surface area contributed by atoms with Crippen molar-refractivity contribution in [2.45, 2.75) is 26.4 Å². The smallest absolute Gasteiger partial charge is 0.251 e. The summed E-state index contributed by atoms with van der Waals surface area (Å²) in [5.74, 6) is -0.270. The highest BCUT2D eigenvalue weighted by atomic mass is 16.2. The molecule has 0 fully saturated rings. The fraction of sp³-hybridized carbons (Fsp3) is 0.174. The van der Waals surface area contributed by atoms with E-state index >= 15 is 0 Å². The van der Waals surface area contributed by atoms with Gasteiger partial charge in [0, 0.05) is 36.1 Å². The van der Waals surface area contributed by atoms with E-state index in [1.807, 2.05) is 50.2 Å². The van der Waals surface area contributed by atoms with Crippen LogP contribution in [0.3, 0.4) is 0 Å². The second-order valence-electron chi connectivity index (χ2n) is 6.82. The molecule has 0 saturated carbocycles. The lowest BCUT2D eigenvalue weighted by Crippen LogP contribution is -2.30. The number of hydrogen-bond donors (Lipinski definition) is 2. The van der Waals surface area contributed by atoms with Gasteiger partial charge in [0.05, 0.1) is 0 Å². The molecule has 2 aromatic carbocycles. The first-order chi connectivity index (χ1) is 13.5. The van der Waals surface area contributed by atoms with Crippen LogP contribution in [0.2, 0.25) is 0 Å². The van der Waals surface area contributed by atoms with Crippen LogP contribution in [0.5, 0.6) is 0 Å². The van der Waals surface area contributed by atoms with Crippen molar-refractivity contribution < 1.29 is 9.59 Å². The van der Waals surface area contributed by atoms with E-state index in [1.165, 1.54) is 0 Å². The maximum atomic E-state index is 12.4. The molecule has 3 aromatic rings. The van der Waals surface area contributed by atoms with E-state index in [-0.39, 0.29) is 17.9 Å². The summed E-state index contributed by atoms with van der Waals surface area (Å²) in [6.07, 6.45) is 3.48. The van der Waals surface area contributed by atoms with Crippen molar-refractivity contribution in [1.29, 1.82) is 0 Å². The first-order valence-corrected chi connectivity index (χ1v) is 9.21. The van der Waals surface area contributed by atoms with Crippen LogP contribution >= 0.6 is 0 Å². The van der Waals surface area contributed by atoms with E-state index < -0.39 is 0 Å². The van der Waals surface area contributed by atoms with Gasteiger partial charge in [-0.05, 0) is 66.9 Å². The van der Waals surface area contributed by atoms with Gasteiger partial charge in [-0.3, -0.25) is 14.6 Å². The molecule has 0 aliphatic carbocycles. The van der Waals surface area contributed by atoms with Crippen LogP contribution in [-0.4, -0.2) is 22.8 Å². The standard InChI is InChI=1S/C23H23N3O2/c1-16(2)26-23(28)21-5-3-4-17(14-21)15-25-22(27)20-8-6-18(7-9-20)19-10-12-24-13-11-19/h3-14,16H,15H2,1-2H3,(H,25,27)(H,26,28). The molecular weight excluding hydrogens is 350 g/mol. The molecule has 0 atom stereocenters. The number of nitrogens with one attached hydrogen (secondary N) is 2. The number of hydrogen-bond acceptors (Lipinski definition) is 3.